The van der Waals surface area contributed by atoms with E-state index in [0.717, 1.165) is 16.2 Å². The molecule has 0 aromatic carbocycles. The van der Waals surface area contributed by atoms with Gasteiger partial charge in [0.2, 0.25) is 0 Å². The van der Waals surface area contributed by atoms with E-state index in [0.29, 0.717) is 0 Å². The molecule has 0 saturated carbocycles. The summed E-state index contributed by atoms with van der Waals surface area (Å²) in [6.45, 7) is 0. The predicted molar refractivity (Wildman–Crippen MR) is 66.4 cm³/mol. The molecule has 8 heteroatoms. The number of amides is 1. The molecule has 0 radical (unpaired) electrons. The molecular weight excluding hydrogens is 274 g/mol. The van der Waals surface area contributed by atoms with Gasteiger partial charge >= 0.3 is 11.9 Å². The molecule has 1 heterocycles. The summed E-state index contributed by atoms with van der Waals surface area (Å²) in [6.07, 6.45) is -0.552. The van der Waals surface area contributed by atoms with Crippen molar-refractivity contribution in [3.63, 3.8) is 0 Å². The van der Waals surface area contributed by atoms with Crippen molar-refractivity contribution in [2.45, 2.75) is 18.9 Å². The zero-order valence-corrected chi connectivity index (χ0v) is 10.9. The molecule has 0 aliphatic carbocycles. The number of carboxylic acid groups (broad SMARTS) is 2. The maximum Gasteiger partial charge on any atom is 0.326 e. The maximum atomic E-state index is 12.0. The van der Waals surface area contributed by atoms with Gasteiger partial charge in [-0.3, -0.25) is 9.59 Å². The first-order valence-corrected chi connectivity index (χ1v) is 6.20. The van der Waals surface area contributed by atoms with Gasteiger partial charge < -0.3 is 20.2 Å². The van der Waals surface area contributed by atoms with Gasteiger partial charge in [-0.15, -0.1) is 11.3 Å². The third kappa shape index (κ3) is 3.68. The Bertz CT molecular complexity index is 497. The number of thiophene rings is 1. The van der Waals surface area contributed by atoms with Crippen LogP contribution >= 0.6 is 11.3 Å². The summed E-state index contributed by atoms with van der Waals surface area (Å²) in [5.74, 6) is -3.28. The van der Waals surface area contributed by atoms with Crippen molar-refractivity contribution in [2.75, 3.05) is 7.05 Å². The lowest BCUT2D eigenvalue weighted by molar-refractivity contribution is -0.143. The summed E-state index contributed by atoms with van der Waals surface area (Å²) in [5, 5.41) is 28.5. The molecule has 3 N–H and O–H groups in total. The quantitative estimate of drug-likeness (QED) is 0.714. The fraction of sp³-hybridized carbons (Fsp3) is 0.364. The number of carbonyl (C=O) groups is 3. The van der Waals surface area contributed by atoms with Crippen molar-refractivity contribution in [2.24, 2.45) is 0 Å². The lowest BCUT2D eigenvalue weighted by Crippen LogP contribution is -2.42. The van der Waals surface area contributed by atoms with Crippen LogP contribution < -0.4 is 0 Å². The molecule has 0 fully saturated rings. The summed E-state index contributed by atoms with van der Waals surface area (Å²) < 4.78 is 0. The molecule has 1 amide bonds. The van der Waals surface area contributed by atoms with Crippen LogP contribution in [-0.2, 0) is 9.59 Å². The van der Waals surface area contributed by atoms with Crippen LogP contribution in [0.5, 0.6) is 5.75 Å². The molecule has 0 unspecified atom stereocenters. The number of hydrogen-bond acceptors (Lipinski definition) is 5. The molecule has 0 spiro atoms. The Hall–Kier alpha value is -2.09. The topological polar surface area (TPSA) is 115 Å². The normalized spacial score (nSPS) is 11.8. The van der Waals surface area contributed by atoms with Gasteiger partial charge in [0, 0.05) is 13.5 Å². The van der Waals surface area contributed by atoms with Crippen LogP contribution in [0, 0.1) is 0 Å². The van der Waals surface area contributed by atoms with Crippen LogP contribution in [0.15, 0.2) is 11.4 Å². The molecule has 0 saturated heterocycles. The Morgan fingerprint density at radius 3 is 2.42 bits per heavy atom. The second-order valence-electron chi connectivity index (χ2n) is 3.84. The Kier molecular flexibility index (Phi) is 4.87. The van der Waals surface area contributed by atoms with E-state index in [4.69, 9.17) is 10.2 Å². The molecule has 0 aliphatic heterocycles. The molecule has 1 aromatic heterocycles. The molecule has 0 aliphatic rings. The van der Waals surface area contributed by atoms with Crippen LogP contribution in [0.3, 0.4) is 0 Å². The standard InChI is InChI=1S/C11H13NO6S/c1-12(6(11(17)18)2-3-8(14)15)10(16)9-7(13)4-5-19-9/h4-6,13H,2-3H2,1H3,(H,14,15)(H,17,18)/t6-/m0/s1. The number of carboxylic acids is 2. The van der Waals surface area contributed by atoms with E-state index in [9.17, 15) is 19.5 Å². The van der Waals surface area contributed by atoms with Crippen molar-refractivity contribution in [1.82, 2.24) is 4.90 Å². The summed E-state index contributed by atoms with van der Waals surface area (Å²) in [5.41, 5.74) is 0. The third-order valence-electron chi connectivity index (χ3n) is 2.54. The smallest absolute Gasteiger partial charge is 0.326 e. The van der Waals surface area contributed by atoms with Crippen LogP contribution in [-0.4, -0.2) is 51.2 Å². The number of nitrogens with zero attached hydrogens (tertiary/aromatic N) is 1. The van der Waals surface area contributed by atoms with Crippen molar-refractivity contribution >= 4 is 29.2 Å². The lowest BCUT2D eigenvalue weighted by atomic mass is 10.1. The molecule has 1 rings (SSSR count). The fourth-order valence-electron chi connectivity index (χ4n) is 1.51. The van der Waals surface area contributed by atoms with Gasteiger partial charge in [0.1, 0.15) is 16.7 Å². The van der Waals surface area contributed by atoms with E-state index >= 15 is 0 Å². The lowest BCUT2D eigenvalue weighted by Gasteiger charge is -2.23. The summed E-state index contributed by atoms with van der Waals surface area (Å²) >= 11 is 0.989. The van der Waals surface area contributed by atoms with Crippen molar-refractivity contribution in [1.29, 1.82) is 0 Å². The first kappa shape index (κ1) is 15.0. The number of hydrogen-bond donors (Lipinski definition) is 3. The second kappa shape index (κ2) is 6.19. The summed E-state index contributed by atoms with van der Waals surface area (Å²) in [6, 6.07) is 0.0868. The highest BCUT2D eigenvalue weighted by atomic mass is 32.1. The van der Waals surface area contributed by atoms with Crippen LogP contribution in [0.4, 0.5) is 0 Å². The Labute approximate surface area is 112 Å². The second-order valence-corrected chi connectivity index (χ2v) is 4.75. The van der Waals surface area contributed by atoms with Gasteiger partial charge in [0.05, 0.1) is 0 Å². The zero-order chi connectivity index (χ0) is 14.6. The van der Waals surface area contributed by atoms with Gasteiger partial charge in [0.15, 0.2) is 0 Å². The summed E-state index contributed by atoms with van der Waals surface area (Å²) in [4.78, 5) is 34.5. The van der Waals surface area contributed by atoms with Crippen LogP contribution in [0.2, 0.25) is 0 Å². The van der Waals surface area contributed by atoms with E-state index in [2.05, 4.69) is 0 Å². The van der Waals surface area contributed by atoms with Crippen LogP contribution in [0.25, 0.3) is 0 Å². The minimum Gasteiger partial charge on any atom is -0.506 e. The molecule has 19 heavy (non-hydrogen) atoms. The summed E-state index contributed by atoms with van der Waals surface area (Å²) in [7, 11) is 1.27. The highest BCUT2D eigenvalue weighted by molar-refractivity contribution is 7.12. The van der Waals surface area contributed by atoms with Gasteiger partial charge in [0.25, 0.3) is 5.91 Å². The van der Waals surface area contributed by atoms with Gasteiger partial charge in [-0.25, -0.2) is 4.79 Å². The Morgan fingerprint density at radius 1 is 1.37 bits per heavy atom. The largest absolute Gasteiger partial charge is 0.506 e. The van der Waals surface area contributed by atoms with E-state index in [1.54, 1.807) is 0 Å². The third-order valence-corrected chi connectivity index (χ3v) is 3.43. The van der Waals surface area contributed by atoms with Crippen molar-refractivity contribution in [3.8, 4) is 5.75 Å². The highest BCUT2D eigenvalue weighted by Gasteiger charge is 2.29. The number of rotatable bonds is 6. The Balaban J connectivity index is 2.85. The molecule has 7 nitrogen and oxygen atoms in total. The van der Waals surface area contributed by atoms with Crippen LogP contribution in [0.1, 0.15) is 22.5 Å². The molecule has 1 atom stereocenters. The SMILES string of the molecule is CN(C(=O)c1sccc1O)[C@@H](CCC(=O)O)C(=O)O. The number of aliphatic carboxylic acids is 2. The average molecular weight is 287 g/mol. The highest BCUT2D eigenvalue weighted by Crippen LogP contribution is 2.25. The van der Waals surface area contributed by atoms with E-state index in [1.165, 1.54) is 18.5 Å². The zero-order valence-electron chi connectivity index (χ0n) is 10.1. The van der Waals surface area contributed by atoms with Crippen molar-refractivity contribution in [3.05, 3.63) is 16.3 Å². The van der Waals surface area contributed by atoms with E-state index in [1.807, 2.05) is 0 Å². The first-order chi connectivity index (χ1) is 8.84. The minimum atomic E-state index is -1.28. The van der Waals surface area contributed by atoms with Crippen molar-refractivity contribution < 1.29 is 29.7 Å². The van der Waals surface area contributed by atoms with E-state index in [-0.39, 0.29) is 23.5 Å². The number of likely N-dealkylation sites (N-methyl/N-ethyl adjacent to an activating group) is 1. The van der Waals surface area contributed by atoms with E-state index < -0.39 is 23.9 Å². The Morgan fingerprint density at radius 2 is 2.00 bits per heavy atom. The van der Waals surface area contributed by atoms with Gasteiger partial charge in [-0.2, -0.15) is 0 Å². The number of aromatic hydroxyl groups is 1. The maximum absolute atomic E-state index is 12.0. The first-order valence-electron chi connectivity index (χ1n) is 5.32. The fourth-order valence-corrected chi connectivity index (χ4v) is 2.27. The van der Waals surface area contributed by atoms with Gasteiger partial charge in [-0.1, -0.05) is 0 Å². The molecule has 104 valence electrons. The number of carbonyl (C=O) groups excluding carboxylic acids is 1. The monoisotopic (exact) mass is 287 g/mol. The van der Waals surface area contributed by atoms with Gasteiger partial charge in [-0.05, 0) is 17.9 Å². The molecule has 0 bridgehead atoms. The average Bonchev–Trinajstić information content (AvgIpc) is 2.73. The molecular formula is C11H13NO6S. The predicted octanol–water partition coefficient (Wildman–Crippen LogP) is 0.844. The minimum absolute atomic E-state index is 0.0316. The molecule has 1 aromatic rings.